The zero-order valence-corrected chi connectivity index (χ0v) is 11.9. The molecule has 2 aliphatic rings. The van der Waals surface area contributed by atoms with Crippen LogP contribution >= 0.6 is 0 Å². The maximum Gasteiger partial charge on any atom is 0.224 e. The largest absolute Gasteiger partial charge is 0.394 e. The van der Waals surface area contributed by atoms with E-state index in [4.69, 9.17) is 19.3 Å². The lowest BCUT2D eigenvalue weighted by atomic mass is 9.99. The van der Waals surface area contributed by atoms with Gasteiger partial charge in [-0.25, -0.2) is 0 Å². The minimum absolute atomic E-state index is 0.630. The van der Waals surface area contributed by atoms with Crippen LogP contribution in [0, 0.1) is 0 Å². The standard InChI is InChI=1S/C12H22O10/c1-4-6(15)8(17)9(18)11(20-4)22-12(3-14)10(19)7(16)5(2-13)21-12/h4-11,13-19H,2-3H2,1H3/t4?,5-,6-,7?,8-,9?,10+,11+,12-/m0/s1. The smallest absolute Gasteiger partial charge is 0.224 e. The average molecular weight is 326 g/mol. The molecule has 2 rings (SSSR count). The van der Waals surface area contributed by atoms with E-state index in [1.807, 2.05) is 0 Å². The molecule has 0 aromatic heterocycles. The van der Waals surface area contributed by atoms with Crippen LogP contribution in [0.25, 0.3) is 0 Å². The van der Waals surface area contributed by atoms with Crippen molar-refractivity contribution in [3.8, 4) is 0 Å². The maximum absolute atomic E-state index is 9.99. The third kappa shape index (κ3) is 2.87. The number of rotatable bonds is 4. The molecule has 2 saturated heterocycles. The number of aliphatic hydroxyl groups is 7. The minimum Gasteiger partial charge on any atom is -0.394 e. The fourth-order valence-electron chi connectivity index (χ4n) is 2.58. The van der Waals surface area contributed by atoms with E-state index < -0.39 is 68.0 Å². The molecule has 2 heterocycles. The van der Waals surface area contributed by atoms with Gasteiger partial charge in [0.05, 0.1) is 12.7 Å². The van der Waals surface area contributed by atoms with Crippen molar-refractivity contribution < 1.29 is 50.0 Å². The lowest BCUT2D eigenvalue weighted by molar-refractivity contribution is -0.380. The van der Waals surface area contributed by atoms with E-state index in [1.165, 1.54) is 6.92 Å². The van der Waals surface area contributed by atoms with Crippen LogP contribution in [0.3, 0.4) is 0 Å². The van der Waals surface area contributed by atoms with E-state index in [9.17, 15) is 30.6 Å². The van der Waals surface area contributed by atoms with Crippen LogP contribution in [-0.4, -0.2) is 104 Å². The SMILES string of the molecule is CC1O[C@H](O[C@]2(CO)O[C@@H](CO)C(O)[C@H]2O)C(O)[C@@H](O)[C@H]1O. The van der Waals surface area contributed by atoms with Crippen LogP contribution in [0.4, 0.5) is 0 Å². The van der Waals surface area contributed by atoms with Crippen molar-refractivity contribution in [3.05, 3.63) is 0 Å². The zero-order chi connectivity index (χ0) is 16.7. The predicted molar refractivity (Wildman–Crippen MR) is 67.2 cm³/mol. The molecule has 10 heteroatoms. The Morgan fingerprint density at radius 2 is 1.59 bits per heavy atom. The van der Waals surface area contributed by atoms with E-state index in [2.05, 4.69) is 0 Å². The molecule has 7 N–H and O–H groups in total. The molecule has 3 unspecified atom stereocenters. The summed E-state index contributed by atoms with van der Waals surface area (Å²) in [6.07, 6.45) is -11.4. The average Bonchev–Trinajstić information content (AvgIpc) is 2.75. The Morgan fingerprint density at radius 3 is 2.09 bits per heavy atom. The van der Waals surface area contributed by atoms with Gasteiger partial charge in [0.15, 0.2) is 6.29 Å². The second-order valence-corrected chi connectivity index (χ2v) is 5.54. The van der Waals surface area contributed by atoms with Gasteiger partial charge in [-0.1, -0.05) is 0 Å². The first kappa shape index (κ1) is 17.9. The third-order valence-corrected chi connectivity index (χ3v) is 4.03. The molecule has 0 saturated carbocycles. The fraction of sp³-hybridized carbons (Fsp3) is 1.00. The van der Waals surface area contributed by atoms with Gasteiger partial charge in [0.1, 0.15) is 43.2 Å². The van der Waals surface area contributed by atoms with Crippen molar-refractivity contribution in [2.75, 3.05) is 13.2 Å². The molecule has 22 heavy (non-hydrogen) atoms. The van der Waals surface area contributed by atoms with Crippen molar-refractivity contribution >= 4 is 0 Å². The Hall–Kier alpha value is -0.400. The van der Waals surface area contributed by atoms with Crippen LogP contribution in [-0.2, 0) is 14.2 Å². The Kier molecular flexibility index (Phi) is 5.39. The van der Waals surface area contributed by atoms with E-state index in [0.717, 1.165) is 0 Å². The molecule has 2 fully saturated rings. The topological polar surface area (TPSA) is 169 Å². The molecule has 0 aliphatic carbocycles. The van der Waals surface area contributed by atoms with Gasteiger partial charge in [-0.3, -0.25) is 0 Å². The molecule has 0 aromatic carbocycles. The summed E-state index contributed by atoms with van der Waals surface area (Å²) in [5.41, 5.74) is 0. The summed E-state index contributed by atoms with van der Waals surface area (Å²) in [7, 11) is 0. The van der Waals surface area contributed by atoms with Crippen LogP contribution in [0.2, 0.25) is 0 Å². The summed E-state index contributed by atoms with van der Waals surface area (Å²) in [6, 6.07) is 0. The number of hydrogen-bond acceptors (Lipinski definition) is 10. The van der Waals surface area contributed by atoms with E-state index in [-0.39, 0.29) is 0 Å². The molecule has 10 nitrogen and oxygen atoms in total. The highest BCUT2D eigenvalue weighted by atomic mass is 16.8. The molecule has 130 valence electrons. The van der Waals surface area contributed by atoms with Crippen molar-refractivity contribution in [2.45, 2.75) is 61.7 Å². The van der Waals surface area contributed by atoms with E-state index in [0.29, 0.717) is 0 Å². The molecule has 0 amide bonds. The van der Waals surface area contributed by atoms with Gasteiger partial charge in [-0.2, -0.15) is 0 Å². The Morgan fingerprint density at radius 1 is 0.955 bits per heavy atom. The van der Waals surface area contributed by atoms with Crippen LogP contribution < -0.4 is 0 Å². The first-order valence-electron chi connectivity index (χ1n) is 6.90. The number of ether oxygens (including phenoxy) is 3. The molecule has 0 aromatic rings. The summed E-state index contributed by atoms with van der Waals surface area (Å²) < 4.78 is 15.6. The van der Waals surface area contributed by atoms with Gasteiger partial charge in [-0.05, 0) is 6.92 Å². The lowest BCUT2D eigenvalue weighted by Gasteiger charge is -2.42. The highest BCUT2D eigenvalue weighted by Crippen LogP contribution is 2.35. The van der Waals surface area contributed by atoms with Crippen LogP contribution in [0.15, 0.2) is 0 Å². The molecule has 0 spiro atoms. The van der Waals surface area contributed by atoms with Gasteiger partial charge in [-0.15, -0.1) is 0 Å². The summed E-state index contributed by atoms with van der Waals surface area (Å²) >= 11 is 0. The number of aliphatic hydroxyl groups excluding tert-OH is 7. The van der Waals surface area contributed by atoms with Gasteiger partial charge < -0.3 is 50.0 Å². The number of hydrogen-bond donors (Lipinski definition) is 7. The molecule has 0 radical (unpaired) electrons. The second-order valence-electron chi connectivity index (χ2n) is 5.54. The summed E-state index contributed by atoms with van der Waals surface area (Å²) in [5, 5.41) is 67.5. The minimum atomic E-state index is -2.14. The summed E-state index contributed by atoms with van der Waals surface area (Å²) in [5.74, 6) is -2.14. The quantitative estimate of drug-likeness (QED) is 0.268. The van der Waals surface area contributed by atoms with Crippen molar-refractivity contribution in [1.82, 2.24) is 0 Å². The third-order valence-electron chi connectivity index (χ3n) is 4.03. The molecule has 0 bridgehead atoms. The van der Waals surface area contributed by atoms with Crippen LogP contribution in [0.5, 0.6) is 0 Å². The Labute approximate surface area is 126 Å². The maximum atomic E-state index is 9.99. The Bertz CT molecular complexity index is 381. The summed E-state index contributed by atoms with van der Waals surface area (Å²) in [6.45, 7) is -0.102. The highest BCUT2D eigenvalue weighted by Gasteiger charge is 2.58. The van der Waals surface area contributed by atoms with Gasteiger partial charge in [0, 0.05) is 0 Å². The van der Waals surface area contributed by atoms with Crippen molar-refractivity contribution in [1.29, 1.82) is 0 Å². The molecule has 9 atom stereocenters. The first-order chi connectivity index (χ1) is 10.3. The van der Waals surface area contributed by atoms with Crippen molar-refractivity contribution in [3.63, 3.8) is 0 Å². The molecular formula is C12H22O10. The van der Waals surface area contributed by atoms with E-state index in [1.54, 1.807) is 0 Å². The van der Waals surface area contributed by atoms with E-state index >= 15 is 0 Å². The summed E-state index contributed by atoms with van der Waals surface area (Å²) in [4.78, 5) is 0. The highest BCUT2D eigenvalue weighted by molar-refractivity contribution is 4.98. The van der Waals surface area contributed by atoms with Crippen LogP contribution in [0.1, 0.15) is 6.92 Å². The monoisotopic (exact) mass is 326 g/mol. The lowest BCUT2D eigenvalue weighted by Crippen LogP contribution is -2.61. The molecular weight excluding hydrogens is 304 g/mol. The fourth-order valence-corrected chi connectivity index (χ4v) is 2.58. The Balaban J connectivity index is 2.16. The second kappa shape index (κ2) is 6.61. The normalized spacial score (nSPS) is 52.9. The zero-order valence-electron chi connectivity index (χ0n) is 11.9. The van der Waals surface area contributed by atoms with Gasteiger partial charge in [0.2, 0.25) is 5.79 Å². The predicted octanol–water partition coefficient (Wildman–Crippen LogP) is -4.37. The van der Waals surface area contributed by atoms with Gasteiger partial charge >= 0.3 is 0 Å². The van der Waals surface area contributed by atoms with Crippen molar-refractivity contribution in [2.24, 2.45) is 0 Å². The van der Waals surface area contributed by atoms with Gasteiger partial charge in [0.25, 0.3) is 0 Å². The first-order valence-corrected chi connectivity index (χ1v) is 6.90. The molecule has 2 aliphatic heterocycles.